The number of hydrogen-bond donors (Lipinski definition) is 0. The van der Waals surface area contributed by atoms with Gasteiger partial charge in [-0.25, -0.2) is 4.79 Å². The van der Waals surface area contributed by atoms with Crippen molar-refractivity contribution in [3.05, 3.63) is 0 Å². The Morgan fingerprint density at radius 2 is 1.44 bits per heavy atom. The summed E-state index contributed by atoms with van der Waals surface area (Å²) in [5, 5.41) is 0. The van der Waals surface area contributed by atoms with Gasteiger partial charge < -0.3 is 9.80 Å². The first-order chi connectivity index (χ1) is 7.58. The minimum Gasteiger partial charge on any atom is -0.325 e. The van der Waals surface area contributed by atoms with Crippen molar-refractivity contribution in [1.29, 1.82) is 0 Å². The highest BCUT2D eigenvalue weighted by Gasteiger charge is 2.28. The number of amides is 2. The molecule has 0 saturated carbocycles. The number of urea groups is 1. The highest BCUT2D eigenvalue weighted by atomic mass is 16.2. The number of carbonyl (C=O) groups is 1. The molecule has 0 bridgehead atoms. The number of hydrogen-bond acceptors (Lipinski definition) is 1. The molecular formula is C13H24N2O. The molecule has 0 atom stereocenters. The van der Waals surface area contributed by atoms with Gasteiger partial charge in [0.05, 0.1) is 0 Å². The van der Waals surface area contributed by atoms with Gasteiger partial charge in [0.25, 0.3) is 0 Å². The monoisotopic (exact) mass is 224 g/mol. The van der Waals surface area contributed by atoms with Crippen LogP contribution in [0.5, 0.6) is 0 Å². The highest BCUT2D eigenvalue weighted by Crippen LogP contribution is 2.30. The SMILES string of the molecule is CC1(C)CCCN(C(=O)N2CCCC2)CC1. The van der Waals surface area contributed by atoms with Crippen molar-refractivity contribution < 1.29 is 4.79 Å². The van der Waals surface area contributed by atoms with Crippen LogP contribution in [0, 0.1) is 5.41 Å². The standard InChI is InChI=1S/C13H24N2O/c1-13(2)6-5-10-15(11-7-13)12(16)14-8-3-4-9-14/h3-11H2,1-2H3. The Morgan fingerprint density at radius 1 is 0.875 bits per heavy atom. The quantitative estimate of drug-likeness (QED) is 0.620. The lowest BCUT2D eigenvalue weighted by Gasteiger charge is -2.27. The average molecular weight is 224 g/mol. The Labute approximate surface area is 98.8 Å². The summed E-state index contributed by atoms with van der Waals surface area (Å²) in [4.78, 5) is 16.3. The fourth-order valence-electron chi connectivity index (χ4n) is 2.72. The predicted molar refractivity (Wildman–Crippen MR) is 65.4 cm³/mol. The summed E-state index contributed by atoms with van der Waals surface area (Å²) < 4.78 is 0. The number of likely N-dealkylation sites (tertiary alicyclic amines) is 2. The molecule has 0 spiro atoms. The van der Waals surface area contributed by atoms with Crippen LogP contribution >= 0.6 is 0 Å². The van der Waals surface area contributed by atoms with Crippen molar-refractivity contribution in [1.82, 2.24) is 9.80 Å². The molecule has 2 rings (SSSR count). The number of rotatable bonds is 0. The van der Waals surface area contributed by atoms with Crippen LogP contribution in [0.25, 0.3) is 0 Å². The molecule has 2 fully saturated rings. The second-order valence-electron chi connectivity index (χ2n) is 5.98. The van der Waals surface area contributed by atoms with E-state index in [2.05, 4.69) is 18.7 Å². The van der Waals surface area contributed by atoms with Crippen LogP contribution in [0.1, 0.15) is 46.0 Å². The minimum atomic E-state index is 0.287. The fourth-order valence-corrected chi connectivity index (χ4v) is 2.72. The van der Waals surface area contributed by atoms with E-state index in [1.165, 1.54) is 19.3 Å². The first kappa shape index (κ1) is 11.7. The second kappa shape index (κ2) is 4.64. The van der Waals surface area contributed by atoms with Gasteiger partial charge in [-0.2, -0.15) is 0 Å². The zero-order chi connectivity index (χ0) is 11.6. The van der Waals surface area contributed by atoms with E-state index in [-0.39, 0.29) is 6.03 Å². The second-order valence-corrected chi connectivity index (χ2v) is 5.98. The smallest absolute Gasteiger partial charge is 0.319 e. The molecule has 3 heteroatoms. The van der Waals surface area contributed by atoms with E-state index in [0.717, 1.165) is 39.0 Å². The van der Waals surface area contributed by atoms with Crippen LogP contribution in [-0.2, 0) is 0 Å². The molecule has 0 aromatic heterocycles. The van der Waals surface area contributed by atoms with E-state index in [0.29, 0.717) is 5.41 Å². The normalized spacial score (nSPS) is 25.6. The summed E-state index contributed by atoms with van der Waals surface area (Å²) in [6.45, 7) is 8.48. The summed E-state index contributed by atoms with van der Waals surface area (Å²) in [7, 11) is 0. The molecule has 2 saturated heterocycles. The van der Waals surface area contributed by atoms with Crippen molar-refractivity contribution >= 4 is 6.03 Å². The predicted octanol–water partition coefficient (Wildman–Crippen LogP) is 2.71. The average Bonchev–Trinajstić information content (AvgIpc) is 2.69. The van der Waals surface area contributed by atoms with Gasteiger partial charge in [0, 0.05) is 26.2 Å². The molecule has 0 aliphatic carbocycles. The molecule has 0 aromatic rings. The zero-order valence-electron chi connectivity index (χ0n) is 10.7. The topological polar surface area (TPSA) is 23.6 Å². The molecule has 2 aliphatic heterocycles. The molecular weight excluding hydrogens is 200 g/mol. The van der Waals surface area contributed by atoms with E-state index in [4.69, 9.17) is 0 Å². The summed E-state index contributed by atoms with van der Waals surface area (Å²) in [5.74, 6) is 0. The molecule has 0 aromatic carbocycles. The van der Waals surface area contributed by atoms with E-state index < -0.39 is 0 Å². The molecule has 92 valence electrons. The van der Waals surface area contributed by atoms with Crippen molar-refractivity contribution in [2.75, 3.05) is 26.2 Å². The van der Waals surface area contributed by atoms with Crippen LogP contribution in [0.2, 0.25) is 0 Å². The summed E-state index contributed by atoms with van der Waals surface area (Å²) in [5.41, 5.74) is 0.417. The highest BCUT2D eigenvalue weighted by molar-refractivity contribution is 5.74. The van der Waals surface area contributed by atoms with Crippen LogP contribution < -0.4 is 0 Å². The molecule has 2 amide bonds. The lowest BCUT2D eigenvalue weighted by atomic mass is 9.85. The maximum absolute atomic E-state index is 12.2. The Morgan fingerprint density at radius 3 is 2.12 bits per heavy atom. The van der Waals surface area contributed by atoms with E-state index in [9.17, 15) is 4.79 Å². The minimum absolute atomic E-state index is 0.287. The summed E-state index contributed by atoms with van der Waals surface area (Å²) in [6, 6.07) is 0.287. The molecule has 2 aliphatic rings. The Bertz CT molecular complexity index is 257. The first-order valence-corrected chi connectivity index (χ1v) is 6.62. The van der Waals surface area contributed by atoms with Crippen molar-refractivity contribution in [3.8, 4) is 0 Å². The third-order valence-electron chi connectivity index (χ3n) is 3.99. The molecule has 2 heterocycles. The van der Waals surface area contributed by atoms with Crippen LogP contribution in [-0.4, -0.2) is 42.0 Å². The fraction of sp³-hybridized carbons (Fsp3) is 0.923. The van der Waals surface area contributed by atoms with Gasteiger partial charge in [-0.1, -0.05) is 13.8 Å². The Hall–Kier alpha value is -0.730. The van der Waals surface area contributed by atoms with Gasteiger partial charge in [0.15, 0.2) is 0 Å². The van der Waals surface area contributed by atoms with E-state index in [1.807, 2.05) is 4.90 Å². The molecule has 0 unspecified atom stereocenters. The Kier molecular flexibility index (Phi) is 3.41. The zero-order valence-corrected chi connectivity index (χ0v) is 10.7. The summed E-state index contributed by atoms with van der Waals surface area (Å²) in [6.07, 6.45) is 5.92. The molecule has 3 nitrogen and oxygen atoms in total. The van der Waals surface area contributed by atoms with Crippen LogP contribution in [0.4, 0.5) is 4.79 Å². The van der Waals surface area contributed by atoms with Gasteiger partial charge in [-0.15, -0.1) is 0 Å². The maximum atomic E-state index is 12.2. The van der Waals surface area contributed by atoms with Crippen LogP contribution in [0.15, 0.2) is 0 Å². The van der Waals surface area contributed by atoms with Crippen molar-refractivity contribution in [2.45, 2.75) is 46.0 Å². The van der Waals surface area contributed by atoms with E-state index in [1.54, 1.807) is 0 Å². The lowest BCUT2D eigenvalue weighted by molar-refractivity contribution is 0.162. The van der Waals surface area contributed by atoms with Crippen molar-refractivity contribution in [3.63, 3.8) is 0 Å². The third kappa shape index (κ3) is 2.69. The van der Waals surface area contributed by atoms with Gasteiger partial charge in [0.2, 0.25) is 0 Å². The molecule has 16 heavy (non-hydrogen) atoms. The molecule has 0 N–H and O–H groups in total. The molecule has 0 radical (unpaired) electrons. The van der Waals surface area contributed by atoms with Gasteiger partial charge in [-0.3, -0.25) is 0 Å². The van der Waals surface area contributed by atoms with E-state index >= 15 is 0 Å². The Balaban J connectivity index is 1.91. The van der Waals surface area contributed by atoms with Gasteiger partial charge >= 0.3 is 6.03 Å². The lowest BCUT2D eigenvalue weighted by Crippen LogP contribution is -2.42. The van der Waals surface area contributed by atoms with Crippen LogP contribution in [0.3, 0.4) is 0 Å². The van der Waals surface area contributed by atoms with Gasteiger partial charge in [0.1, 0.15) is 0 Å². The first-order valence-electron chi connectivity index (χ1n) is 6.62. The largest absolute Gasteiger partial charge is 0.325 e. The number of carbonyl (C=O) groups excluding carboxylic acids is 1. The van der Waals surface area contributed by atoms with Gasteiger partial charge in [-0.05, 0) is 37.5 Å². The number of nitrogens with zero attached hydrogens (tertiary/aromatic N) is 2. The maximum Gasteiger partial charge on any atom is 0.319 e. The van der Waals surface area contributed by atoms with Crippen molar-refractivity contribution in [2.24, 2.45) is 5.41 Å². The summed E-state index contributed by atoms with van der Waals surface area (Å²) >= 11 is 0. The third-order valence-corrected chi connectivity index (χ3v) is 3.99.